The van der Waals surface area contributed by atoms with E-state index in [1.165, 1.54) is 6.07 Å². The van der Waals surface area contributed by atoms with Crippen LogP contribution in [-0.2, 0) is 11.3 Å². The number of hydrogen-bond acceptors (Lipinski definition) is 6. The summed E-state index contributed by atoms with van der Waals surface area (Å²) in [6.07, 6.45) is 0.771. The summed E-state index contributed by atoms with van der Waals surface area (Å²) in [5.41, 5.74) is 2.68. The van der Waals surface area contributed by atoms with Gasteiger partial charge in [-0.15, -0.1) is 0 Å². The second-order valence-corrected chi connectivity index (χ2v) is 7.47. The maximum absolute atomic E-state index is 12.6. The number of amides is 1. The van der Waals surface area contributed by atoms with E-state index in [9.17, 15) is 14.9 Å². The first-order chi connectivity index (χ1) is 15.0. The number of nitro groups is 1. The van der Waals surface area contributed by atoms with Gasteiger partial charge in [0, 0.05) is 37.8 Å². The number of ether oxygens (including phenoxy) is 1. The summed E-state index contributed by atoms with van der Waals surface area (Å²) in [7, 11) is 0. The third-order valence-electron chi connectivity index (χ3n) is 5.46. The SMILES string of the molecule is Cc1nc2ccccc2n1CCCNc1ccc(C(=O)N2CCOCC2)cc1[N+](=O)[O-]. The fourth-order valence-corrected chi connectivity index (χ4v) is 3.85. The Hall–Kier alpha value is -3.46. The van der Waals surface area contributed by atoms with Gasteiger partial charge in [-0.05, 0) is 37.6 Å². The monoisotopic (exact) mass is 423 g/mol. The Kier molecular flexibility index (Phi) is 6.13. The standard InChI is InChI=1S/C22H25N5O4/c1-16-24-19-5-2-3-6-20(19)26(16)10-4-9-23-18-8-7-17(15-21(18)27(29)30)22(28)25-11-13-31-14-12-25/h2-3,5-8,15,23H,4,9-14H2,1H3. The van der Waals surface area contributed by atoms with Crippen molar-refractivity contribution < 1.29 is 14.5 Å². The lowest BCUT2D eigenvalue weighted by molar-refractivity contribution is -0.384. The number of nitro benzene ring substituents is 1. The number of nitrogens with one attached hydrogen (secondary N) is 1. The molecule has 2 heterocycles. The molecule has 1 aliphatic heterocycles. The molecule has 1 N–H and O–H groups in total. The lowest BCUT2D eigenvalue weighted by Crippen LogP contribution is -2.40. The van der Waals surface area contributed by atoms with Gasteiger partial charge in [0.1, 0.15) is 11.5 Å². The maximum Gasteiger partial charge on any atom is 0.293 e. The number of carbonyl (C=O) groups excluding carboxylic acids is 1. The van der Waals surface area contributed by atoms with E-state index < -0.39 is 4.92 Å². The van der Waals surface area contributed by atoms with Gasteiger partial charge in [0.2, 0.25) is 0 Å². The van der Waals surface area contributed by atoms with E-state index in [4.69, 9.17) is 4.74 Å². The van der Waals surface area contributed by atoms with Gasteiger partial charge in [0.05, 0.1) is 29.2 Å². The molecule has 0 unspecified atom stereocenters. The first-order valence-corrected chi connectivity index (χ1v) is 10.4. The molecule has 3 aromatic rings. The number of benzene rings is 2. The zero-order valence-corrected chi connectivity index (χ0v) is 17.4. The van der Waals surface area contributed by atoms with Crippen molar-refractivity contribution in [2.45, 2.75) is 19.9 Å². The second kappa shape index (κ2) is 9.13. The Labute approximate surface area is 179 Å². The van der Waals surface area contributed by atoms with E-state index in [1.807, 2.05) is 31.2 Å². The Balaban J connectivity index is 1.41. The van der Waals surface area contributed by atoms with Crippen LogP contribution in [0.2, 0.25) is 0 Å². The van der Waals surface area contributed by atoms with Crippen molar-refractivity contribution in [2.75, 3.05) is 38.2 Å². The molecule has 0 radical (unpaired) electrons. The molecule has 1 saturated heterocycles. The zero-order valence-electron chi connectivity index (χ0n) is 17.4. The summed E-state index contributed by atoms with van der Waals surface area (Å²) >= 11 is 0. The minimum absolute atomic E-state index is 0.0941. The van der Waals surface area contributed by atoms with Crippen LogP contribution < -0.4 is 5.32 Å². The van der Waals surface area contributed by atoms with E-state index in [0.717, 1.165) is 29.8 Å². The summed E-state index contributed by atoms with van der Waals surface area (Å²) in [6.45, 7) is 5.25. The number of hydrogen-bond donors (Lipinski definition) is 1. The average Bonchev–Trinajstić information content (AvgIpc) is 3.11. The molecule has 9 heteroatoms. The predicted octanol–water partition coefficient (Wildman–Crippen LogP) is 3.23. The van der Waals surface area contributed by atoms with E-state index >= 15 is 0 Å². The van der Waals surface area contributed by atoms with Crippen LogP contribution in [0.4, 0.5) is 11.4 Å². The number of morpholine rings is 1. The van der Waals surface area contributed by atoms with Crippen LogP contribution in [0.3, 0.4) is 0 Å². The highest BCUT2D eigenvalue weighted by molar-refractivity contribution is 5.95. The van der Waals surface area contributed by atoms with Crippen LogP contribution in [0.25, 0.3) is 11.0 Å². The minimum Gasteiger partial charge on any atom is -0.379 e. The minimum atomic E-state index is -0.452. The van der Waals surface area contributed by atoms with Gasteiger partial charge in [-0.2, -0.15) is 0 Å². The normalized spacial score (nSPS) is 14.0. The molecule has 1 fully saturated rings. The number of carbonyl (C=O) groups is 1. The maximum atomic E-state index is 12.6. The molecular weight excluding hydrogens is 398 g/mol. The van der Waals surface area contributed by atoms with Gasteiger partial charge in [0.15, 0.2) is 0 Å². The number of para-hydroxylation sites is 2. The number of aryl methyl sites for hydroxylation is 2. The molecule has 0 spiro atoms. The highest BCUT2D eigenvalue weighted by Gasteiger charge is 2.22. The molecule has 0 aliphatic carbocycles. The van der Waals surface area contributed by atoms with Gasteiger partial charge in [-0.25, -0.2) is 4.98 Å². The number of rotatable bonds is 7. The molecule has 9 nitrogen and oxygen atoms in total. The van der Waals surface area contributed by atoms with Crippen molar-refractivity contribution in [2.24, 2.45) is 0 Å². The quantitative estimate of drug-likeness (QED) is 0.356. The van der Waals surface area contributed by atoms with Crippen LogP contribution in [-0.4, -0.2) is 58.1 Å². The molecule has 0 bridgehead atoms. The van der Waals surface area contributed by atoms with Crippen molar-refractivity contribution in [3.8, 4) is 0 Å². The number of aromatic nitrogens is 2. The third kappa shape index (κ3) is 4.51. The largest absolute Gasteiger partial charge is 0.379 e. The fourth-order valence-electron chi connectivity index (χ4n) is 3.85. The first kappa shape index (κ1) is 20.8. The highest BCUT2D eigenvalue weighted by Crippen LogP contribution is 2.26. The third-order valence-corrected chi connectivity index (χ3v) is 5.46. The van der Waals surface area contributed by atoms with Crippen molar-refractivity contribution in [3.05, 3.63) is 64.0 Å². The van der Waals surface area contributed by atoms with Crippen LogP contribution in [0, 0.1) is 17.0 Å². The molecular formula is C22H25N5O4. The number of nitrogens with zero attached hydrogens (tertiary/aromatic N) is 4. The summed E-state index contributed by atoms with van der Waals surface area (Å²) in [4.78, 5) is 30.0. The Morgan fingerprint density at radius 3 is 2.77 bits per heavy atom. The molecule has 0 saturated carbocycles. The average molecular weight is 423 g/mol. The number of anilines is 1. The van der Waals surface area contributed by atoms with E-state index in [1.54, 1.807) is 17.0 Å². The number of imidazole rings is 1. The van der Waals surface area contributed by atoms with Crippen LogP contribution in [0.15, 0.2) is 42.5 Å². The molecule has 2 aromatic carbocycles. The molecule has 1 aliphatic rings. The topological polar surface area (TPSA) is 103 Å². The van der Waals surface area contributed by atoms with Gasteiger partial charge in [-0.3, -0.25) is 14.9 Å². The highest BCUT2D eigenvalue weighted by atomic mass is 16.6. The molecule has 31 heavy (non-hydrogen) atoms. The van der Waals surface area contributed by atoms with E-state index in [-0.39, 0.29) is 11.6 Å². The van der Waals surface area contributed by atoms with Crippen molar-refractivity contribution >= 4 is 28.3 Å². The predicted molar refractivity (Wildman–Crippen MR) is 117 cm³/mol. The molecule has 4 rings (SSSR count). The van der Waals surface area contributed by atoms with Gasteiger partial charge in [0.25, 0.3) is 11.6 Å². The van der Waals surface area contributed by atoms with Gasteiger partial charge in [-0.1, -0.05) is 12.1 Å². The smallest absolute Gasteiger partial charge is 0.293 e. The van der Waals surface area contributed by atoms with Crippen LogP contribution >= 0.6 is 0 Å². The molecule has 162 valence electrons. The molecule has 1 aromatic heterocycles. The van der Waals surface area contributed by atoms with Crippen molar-refractivity contribution in [1.29, 1.82) is 0 Å². The Morgan fingerprint density at radius 1 is 1.23 bits per heavy atom. The fraction of sp³-hybridized carbons (Fsp3) is 0.364. The summed E-state index contributed by atoms with van der Waals surface area (Å²) in [6, 6.07) is 12.6. The lowest BCUT2D eigenvalue weighted by atomic mass is 10.1. The van der Waals surface area contributed by atoms with Gasteiger partial charge < -0.3 is 19.5 Å². The summed E-state index contributed by atoms with van der Waals surface area (Å²) in [5, 5.41) is 14.7. The first-order valence-electron chi connectivity index (χ1n) is 10.4. The van der Waals surface area contributed by atoms with Crippen LogP contribution in [0.1, 0.15) is 22.6 Å². The summed E-state index contributed by atoms with van der Waals surface area (Å²) in [5.74, 6) is 0.735. The van der Waals surface area contributed by atoms with E-state index in [2.05, 4.69) is 14.9 Å². The Bertz CT molecular complexity index is 1100. The van der Waals surface area contributed by atoms with Crippen LogP contribution in [0.5, 0.6) is 0 Å². The second-order valence-electron chi connectivity index (χ2n) is 7.47. The molecule has 1 amide bonds. The van der Waals surface area contributed by atoms with Crippen molar-refractivity contribution in [1.82, 2.24) is 14.5 Å². The van der Waals surface area contributed by atoms with Crippen molar-refractivity contribution in [3.63, 3.8) is 0 Å². The van der Waals surface area contributed by atoms with Gasteiger partial charge >= 0.3 is 0 Å². The zero-order chi connectivity index (χ0) is 21.8. The summed E-state index contributed by atoms with van der Waals surface area (Å²) < 4.78 is 7.41. The number of fused-ring (bicyclic) bond motifs is 1. The van der Waals surface area contributed by atoms with E-state index in [0.29, 0.717) is 44.1 Å². The molecule has 0 atom stereocenters. The lowest BCUT2D eigenvalue weighted by Gasteiger charge is -2.26. The Morgan fingerprint density at radius 2 is 2.00 bits per heavy atom.